The minimum atomic E-state index is 0.548. The van der Waals surface area contributed by atoms with Crippen molar-refractivity contribution in [2.24, 2.45) is 22.9 Å². The maximum Gasteiger partial charge on any atom is 0.123 e. The monoisotopic (exact) mass is 626 g/mol. The van der Waals surface area contributed by atoms with Gasteiger partial charge in [-0.05, 0) is 147 Å². The third-order valence-electron chi connectivity index (χ3n) is 7.38. The van der Waals surface area contributed by atoms with Gasteiger partial charge in [0.25, 0.3) is 0 Å². The molecule has 0 heterocycles. The lowest BCUT2D eigenvalue weighted by Crippen LogP contribution is -2.07. The molecule has 4 aromatic rings. The van der Waals surface area contributed by atoms with E-state index in [0.717, 1.165) is 93.2 Å². The van der Waals surface area contributed by atoms with Crippen LogP contribution in [0.25, 0.3) is 33.4 Å². The normalized spacial score (nSPS) is 11.0. The molecule has 46 heavy (non-hydrogen) atoms. The lowest BCUT2D eigenvalue weighted by Gasteiger charge is -2.15. The third-order valence-corrected chi connectivity index (χ3v) is 7.38. The Labute approximate surface area is 274 Å². The zero-order valence-corrected chi connectivity index (χ0v) is 27.4. The van der Waals surface area contributed by atoms with Gasteiger partial charge in [0.05, 0.1) is 26.4 Å². The lowest BCUT2D eigenvalue weighted by molar-refractivity contribution is 0.298. The van der Waals surface area contributed by atoms with Crippen LogP contribution in [0.2, 0.25) is 0 Å². The molecule has 4 aromatic carbocycles. The van der Waals surface area contributed by atoms with Gasteiger partial charge in [0, 0.05) is 12.1 Å². The first-order chi connectivity index (χ1) is 22.4. The van der Waals surface area contributed by atoms with Gasteiger partial charge in [-0.2, -0.15) is 0 Å². The third kappa shape index (κ3) is 10.5. The van der Waals surface area contributed by atoms with Gasteiger partial charge in [0.1, 0.15) is 23.0 Å². The second-order valence-corrected chi connectivity index (χ2v) is 11.5. The molecule has 0 amide bonds. The van der Waals surface area contributed by atoms with E-state index >= 15 is 0 Å². The molecule has 0 aliphatic heterocycles. The number of rotatable bonds is 19. The zero-order chi connectivity index (χ0) is 32.7. The van der Waals surface area contributed by atoms with Gasteiger partial charge in [-0.1, -0.05) is 24.3 Å². The fourth-order valence-electron chi connectivity index (χ4n) is 5.14. The molecule has 4 rings (SSSR count). The topological polar surface area (TPSA) is 141 Å². The summed E-state index contributed by atoms with van der Waals surface area (Å²) in [5.74, 6) is 3.03. The van der Waals surface area contributed by atoms with Crippen molar-refractivity contribution in [3.63, 3.8) is 0 Å². The van der Waals surface area contributed by atoms with Crippen molar-refractivity contribution in [1.82, 2.24) is 0 Å². The molecule has 0 aliphatic carbocycles. The van der Waals surface area contributed by atoms with Crippen molar-refractivity contribution < 1.29 is 18.9 Å². The molecule has 0 aliphatic rings. The first kappa shape index (κ1) is 34.8. The molecule has 0 bridgehead atoms. The minimum Gasteiger partial charge on any atom is -0.493 e. The van der Waals surface area contributed by atoms with Gasteiger partial charge in [0.2, 0.25) is 0 Å². The second kappa shape index (κ2) is 18.2. The van der Waals surface area contributed by atoms with Gasteiger partial charge < -0.3 is 41.9 Å². The smallest absolute Gasteiger partial charge is 0.123 e. The quantitative estimate of drug-likeness (QED) is 0.0900. The van der Waals surface area contributed by atoms with Crippen molar-refractivity contribution in [3.05, 3.63) is 83.9 Å². The number of ether oxygens (including phenoxy) is 4. The van der Waals surface area contributed by atoms with Crippen molar-refractivity contribution in [2.75, 3.05) is 52.6 Å². The van der Waals surface area contributed by atoms with E-state index in [1.807, 2.05) is 12.1 Å². The molecule has 0 saturated heterocycles. The van der Waals surface area contributed by atoms with E-state index in [0.29, 0.717) is 52.6 Å². The molecule has 246 valence electrons. The average molecular weight is 627 g/mol. The fourth-order valence-corrected chi connectivity index (χ4v) is 5.14. The van der Waals surface area contributed by atoms with Crippen LogP contribution in [0.5, 0.6) is 23.0 Å². The lowest BCUT2D eigenvalue weighted by atomic mass is 9.93. The van der Waals surface area contributed by atoms with Crippen molar-refractivity contribution in [3.8, 4) is 56.4 Å². The Hall–Kier alpha value is -4.08. The summed E-state index contributed by atoms with van der Waals surface area (Å²) in [6.07, 6.45) is 3.12. The number of hydrogen-bond acceptors (Lipinski definition) is 8. The summed E-state index contributed by atoms with van der Waals surface area (Å²) in [4.78, 5) is 0. The molecule has 0 unspecified atom stereocenters. The number of hydrogen-bond donors (Lipinski definition) is 4. The summed E-state index contributed by atoms with van der Waals surface area (Å²) >= 11 is 0. The number of nitrogens with two attached hydrogens (primary N) is 4. The van der Waals surface area contributed by atoms with Crippen LogP contribution in [0.3, 0.4) is 0 Å². The van der Waals surface area contributed by atoms with Crippen LogP contribution < -0.4 is 41.9 Å². The summed E-state index contributed by atoms with van der Waals surface area (Å²) in [7, 11) is 0. The van der Waals surface area contributed by atoms with Crippen LogP contribution >= 0.6 is 0 Å². The van der Waals surface area contributed by atoms with Gasteiger partial charge in [-0.15, -0.1) is 0 Å². The maximum atomic E-state index is 6.04. The molecular weight excluding hydrogens is 576 g/mol. The van der Waals surface area contributed by atoms with Gasteiger partial charge in [-0.3, -0.25) is 0 Å². The molecule has 0 fully saturated rings. The summed E-state index contributed by atoms with van der Waals surface area (Å²) in [5.41, 5.74) is 31.5. The highest BCUT2D eigenvalue weighted by atomic mass is 16.5. The summed E-state index contributed by atoms with van der Waals surface area (Å²) in [6.45, 7) is 8.74. The Morgan fingerprint density at radius 3 is 0.826 bits per heavy atom. The molecule has 8 N–H and O–H groups in total. The predicted molar refractivity (Wildman–Crippen MR) is 189 cm³/mol. The van der Waals surface area contributed by atoms with E-state index in [1.165, 1.54) is 0 Å². The van der Waals surface area contributed by atoms with Gasteiger partial charge in [0.15, 0.2) is 0 Å². The Morgan fingerprint density at radius 2 is 0.587 bits per heavy atom. The number of benzene rings is 4. The van der Waals surface area contributed by atoms with Crippen molar-refractivity contribution in [2.45, 2.75) is 39.5 Å². The average Bonchev–Trinajstić information content (AvgIpc) is 3.04. The summed E-state index contributed by atoms with van der Waals surface area (Å²) in [5, 5.41) is 0. The first-order valence-corrected chi connectivity index (χ1v) is 16.3. The number of aryl methyl sites for hydroxylation is 2. The SMILES string of the molecule is Cc1cc(-c2cc(OCCCN)cc(OCCCN)c2)cc(-c2cc(C)cc(-c3cc(OCCCN)cc(OCCCN)c3)c2)c1. The molecule has 0 aromatic heterocycles. The Bertz CT molecular complexity index is 1370. The predicted octanol–water partition coefficient (Wildman–Crippen LogP) is 6.21. The minimum absolute atomic E-state index is 0.548. The van der Waals surface area contributed by atoms with E-state index in [-0.39, 0.29) is 0 Å². The van der Waals surface area contributed by atoms with Gasteiger partial charge >= 0.3 is 0 Å². The largest absolute Gasteiger partial charge is 0.493 e. The van der Waals surface area contributed by atoms with Crippen LogP contribution in [-0.2, 0) is 0 Å². The first-order valence-electron chi connectivity index (χ1n) is 16.3. The molecule has 8 heteroatoms. The van der Waals surface area contributed by atoms with Crippen LogP contribution in [0.15, 0.2) is 72.8 Å². The van der Waals surface area contributed by atoms with Crippen LogP contribution in [0.4, 0.5) is 0 Å². The molecule has 0 atom stereocenters. The van der Waals surface area contributed by atoms with Gasteiger partial charge in [-0.25, -0.2) is 0 Å². The van der Waals surface area contributed by atoms with E-state index in [1.54, 1.807) is 0 Å². The maximum absolute atomic E-state index is 6.04. The Balaban J connectivity index is 1.72. The Kier molecular flexibility index (Phi) is 13.7. The second-order valence-electron chi connectivity index (χ2n) is 11.5. The molecule has 0 saturated carbocycles. The molecule has 8 nitrogen and oxygen atoms in total. The summed E-state index contributed by atoms with van der Waals surface area (Å²) < 4.78 is 24.2. The highest BCUT2D eigenvalue weighted by Gasteiger charge is 2.12. The summed E-state index contributed by atoms with van der Waals surface area (Å²) in [6, 6.07) is 25.4. The van der Waals surface area contributed by atoms with E-state index in [2.05, 4.69) is 74.5 Å². The van der Waals surface area contributed by atoms with Crippen LogP contribution in [0, 0.1) is 13.8 Å². The van der Waals surface area contributed by atoms with E-state index in [4.69, 9.17) is 41.9 Å². The molecular formula is C38H50N4O4. The van der Waals surface area contributed by atoms with E-state index in [9.17, 15) is 0 Å². The zero-order valence-electron chi connectivity index (χ0n) is 27.4. The van der Waals surface area contributed by atoms with Crippen LogP contribution in [0.1, 0.15) is 36.8 Å². The highest BCUT2D eigenvalue weighted by molar-refractivity contribution is 5.79. The molecule has 0 spiro atoms. The van der Waals surface area contributed by atoms with Crippen molar-refractivity contribution >= 4 is 0 Å². The Morgan fingerprint density at radius 1 is 0.348 bits per heavy atom. The van der Waals surface area contributed by atoms with Crippen molar-refractivity contribution in [1.29, 1.82) is 0 Å². The van der Waals surface area contributed by atoms with Crippen LogP contribution in [-0.4, -0.2) is 52.6 Å². The fraction of sp³-hybridized carbons (Fsp3) is 0.368. The highest BCUT2D eigenvalue weighted by Crippen LogP contribution is 2.37. The van der Waals surface area contributed by atoms with E-state index < -0.39 is 0 Å². The molecule has 0 radical (unpaired) electrons. The standard InChI is InChI=1S/C38H50N4O4/c1-27-15-29(19-31(17-27)33-21-35(43-11-3-7-39)25-36(22-33)44-12-4-8-40)30-16-28(2)18-32(20-30)34-23-37(45-13-5-9-41)26-38(24-34)46-14-6-10-42/h15-26H,3-14,39-42H2,1-2H3.